The molecule has 3 amide bonds. The molecule has 3 N–H and O–H groups in total. The van der Waals surface area contributed by atoms with Crippen LogP contribution in [0.2, 0.25) is 0 Å². The predicted octanol–water partition coefficient (Wildman–Crippen LogP) is 4.16. The zero-order valence-electron chi connectivity index (χ0n) is 25.5. The minimum Gasteiger partial charge on any atom is -0.481 e. The van der Waals surface area contributed by atoms with Gasteiger partial charge in [0.05, 0.1) is 6.42 Å². The Morgan fingerprint density at radius 1 is 0.851 bits per heavy atom. The van der Waals surface area contributed by atoms with E-state index in [1.807, 2.05) is 60.7 Å². The number of aromatic nitrogens is 2. The molecule has 7 rings (SSSR count). The third-order valence-corrected chi connectivity index (χ3v) is 8.44. The predicted molar refractivity (Wildman–Crippen MR) is 169 cm³/mol. The summed E-state index contributed by atoms with van der Waals surface area (Å²) in [5, 5.41) is 2.97. The van der Waals surface area contributed by atoms with Gasteiger partial charge in [0.1, 0.15) is 24.9 Å². The molecular weight excluding hydrogens is 605 g/mol. The van der Waals surface area contributed by atoms with Gasteiger partial charge in [0.25, 0.3) is 11.5 Å². The number of nitrogens with one attached hydrogen (secondary N) is 3. The molecule has 0 saturated heterocycles. The fraction of sp³-hybridized carbons (Fsp3) is 0.286. The first kappa shape index (κ1) is 31.5. The smallest absolute Gasteiger partial charge is 0.407 e. The van der Waals surface area contributed by atoms with Crippen LogP contribution in [-0.4, -0.2) is 33.5 Å². The van der Waals surface area contributed by atoms with Crippen LogP contribution in [0.3, 0.4) is 0 Å². The number of hydrogen-bond donors (Lipinski definition) is 3. The zero-order valence-corrected chi connectivity index (χ0v) is 25.5. The van der Waals surface area contributed by atoms with Crippen molar-refractivity contribution in [1.29, 1.82) is 0 Å². The van der Waals surface area contributed by atoms with Crippen LogP contribution >= 0.6 is 0 Å². The fourth-order valence-electron chi connectivity index (χ4n) is 6.11. The topological polar surface area (TPSA) is 141 Å². The van der Waals surface area contributed by atoms with Gasteiger partial charge in [-0.15, -0.1) is 0 Å². The first-order valence-corrected chi connectivity index (χ1v) is 15.5. The summed E-state index contributed by atoms with van der Waals surface area (Å²) in [4.78, 5) is 57.6. The lowest BCUT2D eigenvalue weighted by molar-refractivity contribution is -0.121. The molecule has 47 heavy (non-hydrogen) atoms. The molecule has 3 aromatic carbocycles. The van der Waals surface area contributed by atoms with Crippen LogP contribution in [-0.2, 0) is 35.7 Å². The lowest BCUT2D eigenvalue weighted by Gasteiger charge is -2.32. The molecule has 3 aliphatic rings. The molecule has 3 unspecified atom stereocenters. The molecule has 12 heteroatoms. The first-order valence-electron chi connectivity index (χ1n) is 15.5. The van der Waals surface area contributed by atoms with E-state index in [4.69, 9.17) is 9.47 Å². The molecule has 0 spiro atoms. The monoisotopic (exact) mass is 639 g/mol. The van der Waals surface area contributed by atoms with Crippen LogP contribution in [0.15, 0.2) is 89.7 Å². The zero-order chi connectivity index (χ0) is 32.8. The van der Waals surface area contributed by atoms with E-state index in [0.29, 0.717) is 30.8 Å². The van der Waals surface area contributed by atoms with Gasteiger partial charge in [-0.3, -0.25) is 29.8 Å². The quantitative estimate of drug-likeness (QED) is 0.234. The van der Waals surface area contributed by atoms with E-state index in [2.05, 4.69) is 21.2 Å². The van der Waals surface area contributed by atoms with E-state index in [1.54, 1.807) is 4.57 Å². The Labute approximate surface area is 270 Å². The van der Waals surface area contributed by atoms with E-state index in [1.165, 1.54) is 24.3 Å². The van der Waals surface area contributed by atoms with E-state index < -0.39 is 29.3 Å². The Balaban J connectivity index is 1.24. The molecule has 11 nitrogen and oxygen atoms in total. The molecule has 1 aromatic heterocycles. The van der Waals surface area contributed by atoms with Crippen LogP contribution in [0.25, 0.3) is 0 Å². The Bertz CT molecular complexity index is 1800. The highest BCUT2D eigenvalue weighted by Crippen LogP contribution is 2.40. The fourth-order valence-corrected chi connectivity index (χ4v) is 6.11. The average molecular weight is 640 g/mol. The van der Waals surface area contributed by atoms with Crippen LogP contribution < -0.4 is 26.5 Å². The maximum Gasteiger partial charge on any atom is 0.407 e. The summed E-state index contributed by atoms with van der Waals surface area (Å²) < 4.78 is 26.2. The lowest BCUT2D eigenvalue weighted by atomic mass is 9.79. The minimum atomic E-state index is -0.841. The van der Waals surface area contributed by atoms with Gasteiger partial charge in [-0.25, -0.2) is 14.2 Å². The number of fused-ring (bicyclic) bond motifs is 2. The average Bonchev–Trinajstić information content (AvgIpc) is 3.35. The number of nitrogens with zero attached hydrogens (tertiary/aromatic N) is 2. The minimum absolute atomic E-state index is 0.0125. The molecule has 1 fully saturated rings. The van der Waals surface area contributed by atoms with Gasteiger partial charge in [-0.2, -0.15) is 0 Å². The Hall–Kier alpha value is -5.52. The summed E-state index contributed by atoms with van der Waals surface area (Å²) in [5.74, 6) is -1.99. The number of rotatable bonds is 9. The number of carbonyl (C=O) groups is 3. The first-order chi connectivity index (χ1) is 22.8. The molecule has 0 radical (unpaired) electrons. The van der Waals surface area contributed by atoms with Gasteiger partial charge < -0.3 is 14.8 Å². The highest BCUT2D eigenvalue weighted by Gasteiger charge is 2.41. The van der Waals surface area contributed by atoms with E-state index in [9.17, 15) is 23.6 Å². The number of alkyl carbamates (subject to hydrolysis) is 1. The maximum absolute atomic E-state index is 14.0. The molecular formula is C35H34FN5O6. The van der Waals surface area contributed by atoms with Gasteiger partial charge in [-0.05, 0) is 54.0 Å². The van der Waals surface area contributed by atoms with Crippen LogP contribution in [0.4, 0.5) is 9.18 Å². The summed E-state index contributed by atoms with van der Waals surface area (Å²) >= 11 is 0. The van der Waals surface area contributed by atoms with E-state index >= 15 is 0 Å². The maximum atomic E-state index is 14.0. The number of benzene rings is 3. The highest BCUT2D eigenvalue weighted by atomic mass is 19.1. The van der Waals surface area contributed by atoms with Crippen molar-refractivity contribution in [3.63, 3.8) is 0 Å². The number of amides is 3. The van der Waals surface area contributed by atoms with Crippen molar-refractivity contribution in [3.05, 3.63) is 129 Å². The van der Waals surface area contributed by atoms with Crippen molar-refractivity contribution in [3.8, 4) is 5.75 Å². The number of halogens is 1. The van der Waals surface area contributed by atoms with Gasteiger partial charge in [-0.1, -0.05) is 72.8 Å². The number of ether oxygens (including phenoxy) is 2. The second-order valence-electron chi connectivity index (χ2n) is 11.7. The second-order valence-corrected chi connectivity index (χ2v) is 11.7. The van der Waals surface area contributed by atoms with Crippen molar-refractivity contribution in [2.45, 2.75) is 57.4 Å². The van der Waals surface area contributed by atoms with Crippen LogP contribution in [0, 0.1) is 11.7 Å². The second kappa shape index (κ2) is 14.3. The molecule has 242 valence electrons. The SMILES string of the molecule is O=C(Cc1ccc(F)cc1)NNC(=O)c1nc2n(c(=O)c1OCc1ccccc1)CC1CCC2C(NC(=O)OCc2ccccc2)C1. The van der Waals surface area contributed by atoms with Gasteiger partial charge in [0.15, 0.2) is 5.69 Å². The van der Waals surface area contributed by atoms with Gasteiger partial charge in [0.2, 0.25) is 11.7 Å². The molecule has 1 saturated carbocycles. The number of carbonyl (C=O) groups excluding carboxylic acids is 3. The number of hydrazine groups is 1. The molecule has 1 aliphatic carbocycles. The third kappa shape index (κ3) is 7.66. The summed E-state index contributed by atoms with van der Waals surface area (Å²) in [6, 6.07) is 23.6. The molecule has 3 atom stereocenters. The third-order valence-electron chi connectivity index (χ3n) is 8.44. The Kier molecular flexibility index (Phi) is 9.56. The summed E-state index contributed by atoms with van der Waals surface area (Å²) in [5.41, 5.74) is 6.07. The van der Waals surface area contributed by atoms with E-state index in [0.717, 1.165) is 17.5 Å². The van der Waals surface area contributed by atoms with Crippen LogP contribution in [0.1, 0.15) is 58.2 Å². The summed E-state index contributed by atoms with van der Waals surface area (Å²) in [7, 11) is 0. The summed E-state index contributed by atoms with van der Waals surface area (Å²) in [6.45, 7) is 0.479. The Morgan fingerprint density at radius 2 is 1.53 bits per heavy atom. The van der Waals surface area contributed by atoms with Crippen LogP contribution in [0.5, 0.6) is 5.75 Å². The molecule has 4 aromatic rings. The molecule has 2 bridgehead atoms. The van der Waals surface area contributed by atoms with Crippen molar-refractivity contribution in [2.24, 2.45) is 5.92 Å². The largest absolute Gasteiger partial charge is 0.481 e. The van der Waals surface area contributed by atoms with Crippen molar-refractivity contribution in [1.82, 2.24) is 25.7 Å². The van der Waals surface area contributed by atoms with Gasteiger partial charge in [0, 0.05) is 18.5 Å². The van der Waals surface area contributed by atoms with Crippen molar-refractivity contribution < 1.29 is 28.2 Å². The molecule has 2 aliphatic heterocycles. The summed E-state index contributed by atoms with van der Waals surface area (Å²) in [6.07, 6.45) is 1.36. The van der Waals surface area contributed by atoms with Crippen molar-refractivity contribution in [2.75, 3.05) is 0 Å². The van der Waals surface area contributed by atoms with Crippen molar-refractivity contribution >= 4 is 17.9 Å². The number of hydrogen-bond acceptors (Lipinski definition) is 7. The Morgan fingerprint density at radius 3 is 2.23 bits per heavy atom. The highest BCUT2D eigenvalue weighted by molar-refractivity contribution is 5.96. The van der Waals surface area contributed by atoms with E-state index in [-0.39, 0.29) is 49.0 Å². The standard InChI is InChI=1S/C35H34FN5O6/c36-26-14-11-22(12-15-26)18-29(42)39-40-33(43)30-31(46-20-23-7-3-1-4-8-23)34(44)41-19-25-13-16-27(32(41)38-30)28(17-25)37-35(45)47-21-24-9-5-2-6-10-24/h1-12,14-15,25,27-28H,13,16-21H2,(H,37,45)(H,39,42)(H,40,43). The molecule has 3 heterocycles. The normalized spacial score (nSPS) is 17.9. The van der Waals surface area contributed by atoms with Gasteiger partial charge >= 0.3 is 6.09 Å². The lowest BCUT2D eigenvalue weighted by Crippen LogP contribution is -2.44.